The van der Waals surface area contributed by atoms with Gasteiger partial charge in [0.05, 0.1) is 0 Å². The minimum absolute atomic E-state index is 0.266. The number of benzene rings is 2. The Kier molecular flexibility index (Phi) is 6.64. The fourth-order valence-corrected chi connectivity index (χ4v) is 2.44. The average molecular weight is 376 g/mol. The molecule has 0 bridgehead atoms. The second-order valence-electron chi connectivity index (χ2n) is 6.07. The number of carbonyl (C=O) groups is 2. The second-order valence-corrected chi connectivity index (χ2v) is 6.50. The molecule has 26 heavy (non-hydrogen) atoms. The minimum atomic E-state index is -0.955. The van der Waals surface area contributed by atoms with Gasteiger partial charge >= 0.3 is 5.97 Å². The zero-order valence-electron chi connectivity index (χ0n) is 15.3. The smallest absolute Gasteiger partial charge is 0.344 e. The molecule has 138 valence electrons. The van der Waals surface area contributed by atoms with Crippen LogP contribution in [0.3, 0.4) is 0 Å². The first-order valence-electron chi connectivity index (χ1n) is 8.23. The molecular weight excluding hydrogens is 354 g/mol. The monoisotopic (exact) mass is 375 g/mol. The Bertz CT molecular complexity index is 819. The van der Waals surface area contributed by atoms with Crippen LogP contribution in [0.25, 0.3) is 0 Å². The molecule has 0 aliphatic heterocycles. The maximum absolute atomic E-state index is 12.2. The van der Waals surface area contributed by atoms with Crippen molar-refractivity contribution in [3.63, 3.8) is 0 Å². The quantitative estimate of drug-likeness (QED) is 0.768. The summed E-state index contributed by atoms with van der Waals surface area (Å²) in [7, 11) is 0. The molecule has 2 aromatic carbocycles. The van der Waals surface area contributed by atoms with Crippen molar-refractivity contribution >= 4 is 29.2 Å². The molecule has 0 radical (unpaired) electrons. The van der Waals surface area contributed by atoms with Crippen LogP contribution in [0.15, 0.2) is 36.4 Å². The predicted molar refractivity (Wildman–Crippen MR) is 102 cm³/mol. The Balaban J connectivity index is 1.89. The van der Waals surface area contributed by atoms with Crippen molar-refractivity contribution < 1.29 is 19.1 Å². The van der Waals surface area contributed by atoms with Gasteiger partial charge in [0.1, 0.15) is 5.75 Å². The SMILES string of the molecule is Cc1ccc(Cl)cc1NC(=O)[C@@H](C)OC(=O)COc1cccc(C)c1C. The number of esters is 1. The summed E-state index contributed by atoms with van der Waals surface area (Å²) in [5.41, 5.74) is 3.47. The summed E-state index contributed by atoms with van der Waals surface area (Å²) in [5, 5.41) is 3.22. The second kappa shape index (κ2) is 8.72. The molecule has 1 N–H and O–H groups in total. The summed E-state index contributed by atoms with van der Waals surface area (Å²) in [5.74, 6) is -0.430. The van der Waals surface area contributed by atoms with Crippen LogP contribution in [-0.4, -0.2) is 24.6 Å². The van der Waals surface area contributed by atoms with Gasteiger partial charge in [-0.25, -0.2) is 4.79 Å². The zero-order chi connectivity index (χ0) is 19.3. The van der Waals surface area contributed by atoms with E-state index in [9.17, 15) is 9.59 Å². The number of ether oxygens (including phenoxy) is 2. The molecule has 5 nitrogen and oxygen atoms in total. The Morgan fingerprint density at radius 3 is 2.58 bits per heavy atom. The maximum Gasteiger partial charge on any atom is 0.344 e. The van der Waals surface area contributed by atoms with Crippen molar-refractivity contribution in [1.29, 1.82) is 0 Å². The van der Waals surface area contributed by atoms with E-state index in [1.807, 2.05) is 32.9 Å². The first kappa shape index (κ1) is 19.8. The average Bonchev–Trinajstić information content (AvgIpc) is 2.59. The Morgan fingerprint density at radius 2 is 1.85 bits per heavy atom. The summed E-state index contributed by atoms with van der Waals surface area (Å²) in [4.78, 5) is 24.2. The molecule has 0 heterocycles. The third-order valence-corrected chi connectivity index (χ3v) is 4.27. The van der Waals surface area contributed by atoms with Crippen LogP contribution in [0.2, 0.25) is 5.02 Å². The van der Waals surface area contributed by atoms with Crippen molar-refractivity contribution in [1.82, 2.24) is 0 Å². The fourth-order valence-electron chi connectivity index (χ4n) is 2.27. The first-order valence-corrected chi connectivity index (χ1v) is 8.61. The highest BCUT2D eigenvalue weighted by atomic mass is 35.5. The van der Waals surface area contributed by atoms with Gasteiger partial charge < -0.3 is 14.8 Å². The van der Waals surface area contributed by atoms with E-state index in [2.05, 4.69) is 5.32 Å². The number of aryl methyl sites for hydroxylation is 2. The molecule has 0 fully saturated rings. The van der Waals surface area contributed by atoms with Crippen LogP contribution in [-0.2, 0) is 14.3 Å². The van der Waals surface area contributed by atoms with Gasteiger partial charge in [0.15, 0.2) is 12.7 Å². The van der Waals surface area contributed by atoms with E-state index in [0.717, 1.165) is 16.7 Å². The first-order chi connectivity index (χ1) is 12.3. The van der Waals surface area contributed by atoms with Crippen molar-refractivity contribution in [2.45, 2.75) is 33.8 Å². The largest absolute Gasteiger partial charge is 0.482 e. The van der Waals surface area contributed by atoms with Gasteiger partial charge in [-0.3, -0.25) is 4.79 Å². The van der Waals surface area contributed by atoms with Crippen LogP contribution in [0.4, 0.5) is 5.69 Å². The van der Waals surface area contributed by atoms with E-state index in [0.29, 0.717) is 16.5 Å². The van der Waals surface area contributed by atoms with Crippen LogP contribution in [0.5, 0.6) is 5.75 Å². The Hall–Kier alpha value is -2.53. The maximum atomic E-state index is 12.2. The number of halogens is 1. The van der Waals surface area contributed by atoms with Gasteiger partial charge in [-0.2, -0.15) is 0 Å². The number of hydrogen-bond donors (Lipinski definition) is 1. The summed E-state index contributed by atoms with van der Waals surface area (Å²) < 4.78 is 10.6. The lowest BCUT2D eigenvalue weighted by Crippen LogP contribution is -2.31. The lowest BCUT2D eigenvalue weighted by Gasteiger charge is -2.15. The van der Waals surface area contributed by atoms with E-state index in [4.69, 9.17) is 21.1 Å². The third kappa shape index (κ3) is 5.23. The summed E-state index contributed by atoms with van der Waals surface area (Å²) in [6.07, 6.45) is -0.955. The van der Waals surface area contributed by atoms with Crippen LogP contribution >= 0.6 is 11.6 Å². The molecule has 0 aliphatic carbocycles. The molecule has 0 unspecified atom stereocenters. The number of carbonyl (C=O) groups excluding carboxylic acids is 2. The van der Waals surface area contributed by atoms with Gasteiger partial charge in [-0.15, -0.1) is 0 Å². The van der Waals surface area contributed by atoms with Gasteiger partial charge in [0.2, 0.25) is 0 Å². The molecular formula is C20H22ClNO4. The van der Waals surface area contributed by atoms with Crippen LogP contribution in [0, 0.1) is 20.8 Å². The van der Waals surface area contributed by atoms with Crippen LogP contribution in [0.1, 0.15) is 23.6 Å². The molecule has 1 amide bonds. The van der Waals surface area contributed by atoms with Crippen LogP contribution < -0.4 is 10.1 Å². The van der Waals surface area contributed by atoms with E-state index in [1.165, 1.54) is 6.92 Å². The highest BCUT2D eigenvalue weighted by Crippen LogP contribution is 2.21. The van der Waals surface area contributed by atoms with Crippen molar-refractivity contribution in [3.05, 3.63) is 58.1 Å². The summed E-state index contributed by atoms with van der Waals surface area (Å²) >= 11 is 5.93. The molecule has 0 aliphatic rings. The van der Waals surface area contributed by atoms with E-state index in [1.54, 1.807) is 24.3 Å². The lowest BCUT2D eigenvalue weighted by atomic mass is 10.1. The number of amides is 1. The number of anilines is 1. The van der Waals surface area contributed by atoms with E-state index in [-0.39, 0.29) is 6.61 Å². The molecule has 1 atom stereocenters. The lowest BCUT2D eigenvalue weighted by molar-refractivity contribution is -0.155. The molecule has 6 heteroatoms. The Labute approximate surface area is 158 Å². The normalized spacial score (nSPS) is 11.6. The fraction of sp³-hybridized carbons (Fsp3) is 0.300. The van der Waals surface area contributed by atoms with Crippen molar-refractivity contribution in [3.8, 4) is 5.75 Å². The van der Waals surface area contributed by atoms with Gasteiger partial charge in [0, 0.05) is 10.7 Å². The summed E-state index contributed by atoms with van der Waals surface area (Å²) in [6, 6.07) is 10.8. The molecule has 0 spiro atoms. The predicted octanol–water partition coefficient (Wildman–Crippen LogP) is 4.21. The molecule has 0 aromatic heterocycles. The van der Waals surface area contributed by atoms with Crippen molar-refractivity contribution in [2.75, 3.05) is 11.9 Å². The Morgan fingerprint density at radius 1 is 1.12 bits per heavy atom. The van der Waals surface area contributed by atoms with Gasteiger partial charge in [-0.1, -0.05) is 29.8 Å². The molecule has 0 saturated heterocycles. The van der Waals surface area contributed by atoms with Crippen molar-refractivity contribution in [2.24, 2.45) is 0 Å². The number of rotatable bonds is 6. The standard InChI is InChI=1S/C20H22ClNO4/c1-12-6-5-7-18(14(12)3)25-11-19(23)26-15(4)20(24)22-17-10-16(21)9-8-13(17)2/h5-10,15H,11H2,1-4H3,(H,22,24)/t15-/m1/s1. The number of hydrogen-bond acceptors (Lipinski definition) is 4. The zero-order valence-corrected chi connectivity index (χ0v) is 16.0. The van der Waals surface area contributed by atoms with Gasteiger partial charge in [-0.05, 0) is 62.6 Å². The minimum Gasteiger partial charge on any atom is -0.482 e. The summed E-state index contributed by atoms with van der Waals surface area (Å²) in [6.45, 7) is 6.97. The molecule has 0 saturated carbocycles. The number of nitrogens with one attached hydrogen (secondary N) is 1. The topological polar surface area (TPSA) is 64.6 Å². The highest BCUT2D eigenvalue weighted by molar-refractivity contribution is 6.31. The molecule has 2 rings (SSSR count). The third-order valence-electron chi connectivity index (χ3n) is 4.04. The van der Waals surface area contributed by atoms with Gasteiger partial charge in [0.25, 0.3) is 5.91 Å². The van der Waals surface area contributed by atoms with E-state index >= 15 is 0 Å². The highest BCUT2D eigenvalue weighted by Gasteiger charge is 2.19. The van der Waals surface area contributed by atoms with E-state index < -0.39 is 18.0 Å². The molecule has 2 aromatic rings.